The molecule has 2 aromatic rings. The lowest BCUT2D eigenvalue weighted by Gasteiger charge is -2.14. The lowest BCUT2D eigenvalue weighted by Crippen LogP contribution is -2.18. The number of nitrogens with zero attached hydrogens (tertiary/aromatic N) is 5. The van der Waals surface area contributed by atoms with Gasteiger partial charge in [0.05, 0.1) is 30.0 Å². The summed E-state index contributed by atoms with van der Waals surface area (Å²) in [6.07, 6.45) is -1.46. The minimum atomic E-state index is -4.31. The van der Waals surface area contributed by atoms with Crippen LogP contribution in [0.15, 0.2) is 12.4 Å². The van der Waals surface area contributed by atoms with Gasteiger partial charge in [-0.3, -0.25) is 4.68 Å². The normalized spacial score (nSPS) is 18.3. The van der Waals surface area contributed by atoms with Gasteiger partial charge in [0.2, 0.25) is 5.95 Å². The zero-order chi connectivity index (χ0) is 18.9. The van der Waals surface area contributed by atoms with E-state index < -0.39 is 12.6 Å². The molecule has 0 saturated carbocycles. The van der Waals surface area contributed by atoms with E-state index in [1.807, 2.05) is 11.6 Å². The lowest BCUT2D eigenvalue weighted by atomic mass is 10.2. The quantitative estimate of drug-likeness (QED) is 0.845. The number of hydrogen-bond acceptors (Lipinski definition) is 6. The largest absolute Gasteiger partial charge is 0.393 e. The molecule has 0 aromatic carbocycles. The number of rotatable bonds is 5. The van der Waals surface area contributed by atoms with Crippen molar-refractivity contribution in [2.75, 3.05) is 37.8 Å². The molecule has 0 unspecified atom stereocenters. The number of hydrogen-bond donors (Lipinski definition) is 2. The molecule has 1 aliphatic rings. The molecule has 3 rings (SSSR count). The Kier molecular flexibility index (Phi) is 5.03. The van der Waals surface area contributed by atoms with Crippen molar-refractivity contribution in [1.29, 1.82) is 0 Å². The standard InChI is InChI=1S/C16H22F3N7/c1-10-13(8-22-26(10)12-4-5-25(3)9-12)23-15-21-7-11(6-16(17,18)19)14(20-2)24-15/h7-8,12H,4-6,9H2,1-3H3,(H2,20,21,23,24)/t12-/m1/s1. The Morgan fingerprint density at radius 2 is 2.08 bits per heavy atom. The van der Waals surface area contributed by atoms with Crippen molar-refractivity contribution in [3.63, 3.8) is 0 Å². The lowest BCUT2D eigenvalue weighted by molar-refractivity contribution is -0.127. The molecule has 10 heteroatoms. The number of nitrogens with one attached hydrogen (secondary N) is 2. The summed E-state index contributed by atoms with van der Waals surface area (Å²) < 4.78 is 39.8. The van der Waals surface area contributed by atoms with Gasteiger partial charge in [-0.1, -0.05) is 0 Å². The molecule has 1 saturated heterocycles. The van der Waals surface area contributed by atoms with Crippen LogP contribution in [0.3, 0.4) is 0 Å². The molecule has 0 bridgehead atoms. The number of halogens is 3. The highest BCUT2D eigenvalue weighted by atomic mass is 19.4. The number of likely N-dealkylation sites (N-methyl/N-ethyl adjacent to an activating group) is 1. The van der Waals surface area contributed by atoms with Crippen molar-refractivity contribution in [3.05, 3.63) is 23.7 Å². The van der Waals surface area contributed by atoms with Gasteiger partial charge >= 0.3 is 6.18 Å². The zero-order valence-electron chi connectivity index (χ0n) is 14.9. The second-order valence-electron chi connectivity index (χ2n) is 6.53. The molecule has 0 spiro atoms. The predicted molar refractivity (Wildman–Crippen MR) is 92.7 cm³/mol. The number of alkyl halides is 3. The highest BCUT2D eigenvalue weighted by Crippen LogP contribution is 2.28. The third kappa shape index (κ3) is 4.06. The summed E-state index contributed by atoms with van der Waals surface area (Å²) in [7, 11) is 3.61. The zero-order valence-corrected chi connectivity index (χ0v) is 14.9. The van der Waals surface area contributed by atoms with Crippen LogP contribution in [0, 0.1) is 6.92 Å². The average molecular weight is 369 g/mol. The maximum absolute atomic E-state index is 12.6. The Balaban J connectivity index is 1.78. The van der Waals surface area contributed by atoms with Gasteiger partial charge in [0, 0.05) is 25.4 Å². The first-order valence-corrected chi connectivity index (χ1v) is 8.37. The molecule has 1 aliphatic heterocycles. The topological polar surface area (TPSA) is 70.9 Å². The van der Waals surface area contributed by atoms with E-state index in [1.165, 1.54) is 13.2 Å². The van der Waals surface area contributed by atoms with Crippen LogP contribution >= 0.6 is 0 Å². The number of likely N-dealkylation sites (tertiary alicyclic amines) is 1. The summed E-state index contributed by atoms with van der Waals surface area (Å²) >= 11 is 0. The van der Waals surface area contributed by atoms with E-state index in [4.69, 9.17) is 0 Å². The first kappa shape index (κ1) is 18.4. The van der Waals surface area contributed by atoms with Gasteiger partial charge in [-0.2, -0.15) is 23.3 Å². The Morgan fingerprint density at radius 1 is 1.31 bits per heavy atom. The Bertz CT molecular complexity index is 772. The minimum absolute atomic E-state index is 0.00644. The van der Waals surface area contributed by atoms with Gasteiger partial charge in [-0.05, 0) is 26.9 Å². The molecule has 0 aliphatic carbocycles. The fourth-order valence-electron chi connectivity index (χ4n) is 3.17. The molecule has 0 amide bonds. The molecule has 142 valence electrons. The first-order chi connectivity index (χ1) is 12.3. The average Bonchev–Trinajstić information content (AvgIpc) is 3.14. The Labute approximate surface area is 149 Å². The highest BCUT2D eigenvalue weighted by Gasteiger charge is 2.30. The monoisotopic (exact) mass is 369 g/mol. The van der Waals surface area contributed by atoms with E-state index in [9.17, 15) is 13.2 Å². The van der Waals surface area contributed by atoms with E-state index in [-0.39, 0.29) is 17.3 Å². The molecule has 1 fully saturated rings. The van der Waals surface area contributed by atoms with Crippen LogP contribution in [0.1, 0.15) is 23.7 Å². The van der Waals surface area contributed by atoms with E-state index in [0.717, 1.165) is 30.9 Å². The third-order valence-electron chi connectivity index (χ3n) is 4.50. The molecule has 2 N–H and O–H groups in total. The number of aromatic nitrogens is 4. The van der Waals surface area contributed by atoms with Gasteiger partial charge < -0.3 is 15.5 Å². The summed E-state index contributed by atoms with van der Waals surface area (Å²) in [5, 5.41) is 10.2. The second-order valence-corrected chi connectivity index (χ2v) is 6.53. The maximum Gasteiger partial charge on any atom is 0.393 e. The van der Waals surface area contributed by atoms with Gasteiger partial charge in [-0.15, -0.1) is 0 Å². The van der Waals surface area contributed by atoms with Crippen LogP contribution in [0.4, 0.5) is 30.6 Å². The molecule has 3 heterocycles. The van der Waals surface area contributed by atoms with Crippen LogP contribution in [0.5, 0.6) is 0 Å². The minimum Gasteiger partial charge on any atom is -0.373 e. The molecule has 1 atom stereocenters. The van der Waals surface area contributed by atoms with Crippen molar-refractivity contribution >= 4 is 17.5 Å². The van der Waals surface area contributed by atoms with Gasteiger partial charge in [-0.25, -0.2) is 4.98 Å². The van der Waals surface area contributed by atoms with Crippen molar-refractivity contribution in [2.45, 2.75) is 32.0 Å². The molecule has 2 aromatic heterocycles. The van der Waals surface area contributed by atoms with Crippen LogP contribution in [0.25, 0.3) is 0 Å². The summed E-state index contributed by atoms with van der Waals surface area (Å²) in [4.78, 5) is 10.4. The Morgan fingerprint density at radius 3 is 2.69 bits per heavy atom. The maximum atomic E-state index is 12.6. The van der Waals surface area contributed by atoms with Crippen molar-refractivity contribution < 1.29 is 13.2 Å². The first-order valence-electron chi connectivity index (χ1n) is 8.37. The molecule has 0 radical (unpaired) electrons. The summed E-state index contributed by atoms with van der Waals surface area (Å²) in [5.74, 6) is 0.383. The van der Waals surface area contributed by atoms with Crippen molar-refractivity contribution in [1.82, 2.24) is 24.6 Å². The predicted octanol–water partition coefficient (Wildman–Crippen LogP) is 2.75. The fraction of sp³-hybridized carbons (Fsp3) is 0.562. The molecular weight excluding hydrogens is 347 g/mol. The van der Waals surface area contributed by atoms with E-state index in [1.54, 1.807) is 6.20 Å². The second kappa shape index (κ2) is 7.10. The van der Waals surface area contributed by atoms with Gasteiger partial charge in [0.1, 0.15) is 5.82 Å². The van der Waals surface area contributed by atoms with E-state index >= 15 is 0 Å². The van der Waals surface area contributed by atoms with E-state index in [2.05, 4.69) is 37.6 Å². The highest BCUT2D eigenvalue weighted by molar-refractivity contribution is 5.57. The SMILES string of the molecule is CNc1nc(Nc2cnn([C@@H]3CCN(C)C3)c2C)ncc1CC(F)(F)F. The smallest absolute Gasteiger partial charge is 0.373 e. The van der Waals surface area contributed by atoms with E-state index in [0.29, 0.717) is 6.04 Å². The Hall–Kier alpha value is -2.36. The van der Waals surface area contributed by atoms with Gasteiger partial charge in [0.25, 0.3) is 0 Å². The molecular formula is C16H22F3N7. The summed E-state index contributed by atoms with van der Waals surface area (Å²) in [6.45, 7) is 3.92. The van der Waals surface area contributed by atoms with Crippen LogP contribution in [-0.2, 0) is 6.42 Å². The van der Waals surface area contributed by atoms with Crippen LogP contribution in [-0.4, -0.2) is 58.0 Å². The number of anilines is 3. The van der Waals surface area contributed by atoms with Gasteiger partial charge in [0.15, 0.2) is 0 Å². The fourth-order valence-corrected chi connectivity index (χ4v) is 3.17. The van der Waals surface area contributed by atoms with Crippen LogP contribution < -0.4 is 10.6 Å². The third-order valence-corrected chi connectivity index (χ3v) is 4.50. The van der Waals surface area contributed by atoms with Crippen LogP contribution in [0.2, 0.25) is 0 Å². The van der Waals surface area contributed by atoms with Crippen molar-refractivity contribution in [2.24, 2.45) is 0 Å². The molecule has 26 heavy (non-hydrogen) atoms. The summed E-state index contributed by atoms with van der Waals surface area (Å²) in [5.41, 5.74) is 1.69. The van der Waals surface area contributed by atoms with Crippen molar-refractivity contribution in [3.8, 4) is 0 Å². The summed E-state index contributed by atoms with van der Waals surface area (Å²) in [6, 6.07) is 0.318. The molecule has 7 nitrogen and oxygen atoms in total.